The van der Waals surface area contributed by atoms with E-state index >= 15 is 0 Å². The van der Waals surface area contributed by atoms with Gasteiger partial charge in [0.05, 0.1) is 7.11 Å². The summed E-state index contributed by atoms with van der Waals surface area (Å²) in [6.07, 6.45) is 1.99. The number of amides is 1. The van der Waals surface area contributed by atoms with Gasteiger partial charge in [-0.3, -0.25) is 4.79 Å². The zero-order valence-corrected chi connectivity index (χ0v) is 17.8. The van der Waals surface area contributed by atoms with Gasteiger partial charge in [0, 0.05) is 31.9 Å². The Labute approximate surface area is 174 Å². The quantitative estimate of drug-likeness (QED) is 0.699. The number of nitrogens with zero attached hydrogens (tertiary/aromatic N) is 2. The van der Waals surface area contributed by atoms with Gasteiger partial charge in [0.2, 0.25) is 0 Å². The number of rotatable bonds is 7. The molecule has 1 atom stereocenters. The molecule has 1 saturated heterocycles. The Morgan fingerprint density at radius 2 is 1.79 bits per heavy atom. The minimum atomic E-state index is 0.0561. The Kier molecular flexibility index (Phi) is 7.39. The van der Waals surface area contributed by atoms with Crippen molar-refractivity contribution in [2.75, 3.05) is 44.8 Å². The molecule has 2 aromatic rings. The van der Waals surface area contributed by atoms with Crippen LogP contribution in [0.25, 0.3) is 0 Å². The van der Waals surface area contributed by atoms with Crippen LogP contribution in [0.3, 0.4) is 0 Å². The van der Waals surface area contributed by atoms with Crippen molar-refractivity contribution >= 4 is 11.6 Å². The fourth-order valence-corrected chi connectivity index (χ4v) is 3.69. The summed E-state index contributed by atoms with van der Waals surface area (Å²) in [6.45, 7) is 7.68. The average molecular weight is 397 g/mol. The highest BCUT2D eigenvalue weighted by molar-refractivity contribution is 5.78. The van der Waals surface area contributed by atoms with Crippen molar-refractivity contribution in [1.82, 2.24) is 4.90 Å². The molecule has 29 heavy (non-hydrogen) atoms. The van der Waals surface area contributed by atoms with Crippen LogP contribution in [0.4, 0.5) is 5.69 Å². The summed E-state index contributed by atoms with van der Waals surface area (Å²) in [5, 5.41) is 0. The van der Waals surface area contributed by atoms with Crippen molar-refractivity contribution in [2.24, 2.45) is 0 Å². The molecule has 0 aliphatic carbocycles. The number of benzene rings is 2. The van der Waals surface area contributed by atoms with E-state index in [0.717, 1.165) is 44.0 Å². The van der Waals surface area contributed by atoms with Crippen LogP contribution in [-0.4, -0.2) is 50.7 Å². The maximum Gasteiger partial charge on any atom is 0.260 e. The third kappa shape index (κ3) is 5.43. The minimum Gasteiger partial charge on any atom is -0.497 e. The molecule has 1 aliphatic rings. The van der Waals surface area contributed by atoms with Crippen LogP contribution in [0.1, 0.15) is 38.2 Å². The molecule has 5 nitrogen and oxygen atoms in total. The molecule has 1 heterocycles. The molecule has 0 bridgehead atoms. The molecule has 0 radical (unpaired) electrons. The number of carbonyl (C=O) groups is 1. The summed E-state index contributed by atoms with van der Waals surface area (Å²) in [7, 11) is 1.67. The largest absolute Gasteiger partial charge is 0.497 e. The zero-order chi connectivity index (χ0) is 20.6. The van der Waals surface area contributed by atoms with E-state index in [2.05, 4.69) is 36.9 Å². The standard InChI is InChI=1S/C24H32N2O3/c1-4-19(2)22-8-5-6-9-23(22)29-18-24(27)26-15-7-14-25(16-17-26)20-10-12-21(28-3)13-11-20/h5-6,8-13,19H,4,7,14-18H2,1-3H3. The number of hydrogen-bond acceptors (Lipinski definition) is 4. The zero-order valence-electron chi connectivity index (χ0n) is 17.8. The van der Waals surface area contributed by atoms with Crippen LogP contribution in [-0.2, 0) is 4.79 Å². The predicted octanol–water partition coefficient (Wildman–Crippen LogP) is 4.33. The molecule has 0 aromatic heterocycles. The van der Waals surface area contributed by atoms with Gasteiger partial charge in [0.25, 0.3) is 5.91 Å². The topological polar surface area (TPSA) is 42.0 Å². The van der Waals surface area contributed by atoms with Gasteiger partial charge in [-0.05, 0) is 54.7 Å². The first-order chi connectivity index (χ1) is 14.1. The van der Waals surface area contributed by atoms with E-state index in [1.807, 2.05) is 35.2 Å². The van der Waals surface area contributed by atoms with Crippen molar-refractivity contribution in [1.29, 1.82) is 0 Å². The van der Waals surface area contributed by atoms with Crippen molar-refractivity contribution in [3.63, 3.8) is 0 Å². The molecule has 0 saturated carbocycles. The van der Waals surface area contributed by atoms with Crippen LogP contribution >= 0.6 is 0 Å². The van der Waals surface area contributed by atoms with E-state index in [1.165, 1.54) is 11.3 Å². The number of carbonyl (C=O) groups excluding carboxylic acids is 1. The molecule has 5 heteroatoms. The lowest BCUT2D eigenvalue weighted by atomic mass is 9.98. The van der Waals surface area contributed by atoms with Crippen LogP contribution in [0.15, 0.2) is 48.5 Å². The van der Waals surface area contributed by atoms with E-state index in [4.69, 9.17) is 9.47 Å². The molecular weight excluding hydrogens is 364 g/mol. The smallest absolute Gasteiger partial charge is 0.260 e. The molecule has 3 rings (SSSR count). The van der Waals surface area contributed by atoms with Gasteiger partial charge >= 0.3 is 0 Å². The lowest BCUT2D eigenvalue weighted by Gasteiger charge is -2.24. The molecule has 1 aliphatic heterocycles. The van der Waals surface area contributed by atoms with Gasteiger partial charge in [0.1, 0.15) is 11.5 Å². The van der Waals surface area contributed by atoms with Gasteiger partial charge in [-0.2, -0.15) is 0 Å². The summed E-state index contributed by atoms with van der Waals surface area (Å²) in [5.74, 6) is 2.15. The second kappa shape index (κ2) is 10.2. The van der Waals surface area contributed by atoms with E-state index in [1.54, 1.807) is 7.11 Å². The highest BCUT2D eigenvalue weighted by Crippen LogP contribution is 2.28. The predicted molar refractivity (Wildman–Crippen MR) is 117 cm³/mol. The van der Waals surface area contributed by atoms with Crippen molar-refractivity contribution in [3.8, 4) is 11.5 Å². The molecule has 0 spiro atoms. The van der Waals surface area contributed by atoms with Crippen molar-refractivity contribution in [2.45, 2.75) is 32.6 Å². The lowest BCUT2D eigenvalue weighted by Crippen LogP contribution is -2.38. The number of ether oxygens (including phenoxy) is 2. The second-order valence-corrected chi connectivity index (χ2v) is 7.56. The van der Waals surface area contributed by atoms with Crippen LogP contribution in [0.5, 0.6) is 11.5 Å². The normalized spacial score (nSPS) is 15.6. The van der Waals surface area contributed by atoms with Crippen LogP contribution < -0.4 is 14.4 Å². The Balaban J connectivity index is 1.56. The molecule has 1 amide bonds. The Bertz CT molecular complexity index is 791. The maximum absolute atomic E-state index is 12.8. The Morgan fingerprint density at radius 3 is 2.52 bits per heavy atom. The first kappa shape index (κ1) is 21.0. The van der Waals surface area contributed by atoms with E-state index in [0.29, 0.717) is 12.5 Å². The summed E-state index contributed by atoms with van der Waals surface area (Å²) in [5.41, 5.74) is 2.34. The lowest BCUT2D eigenvalue weighted by molar-refractivity contribution is -0.133. The summed E-state index contributed by atoms with van der Waals surface area (Å²) in [6, 6.07) is 16.1. The van der Waals surface area contributed by atoms with Crippen LogP contribution in [0, 0.1) is 0 Å². The molecule has 0 N–H and O–H groups in total. The SMILES string of the molecule is CCC(C)c1ccccc1OCC(=O)N1CCCN(c2ccc(OC)cc2)CC1. The van der Waals surface area contributed by atoms with Crippen LogP contribution in [0.2, 0.25) is 0 Å². The monoisotopic (exact) mass is 396 g/mol. The van der Waals surface area contributed by atoms with Gasteiger partial charge in [-0.1, -0.05) is 32.0 Å². The fraction of sp³-hybridized carbons (Fsp3) is 0.458. The molecule has 2 aromatic carbocycles. The van der Waals surface area contributed by atoms with Crippen molar-refractivity contribution in [3.05, 3.63) is 54.1 Å². The van der Waals surface area contributed by atoms with E-state index in [9.17, 15) is 4.79 Å². The minimum absolute atomic E-state index is 0.0561. The summed E-state index contributed by atoms with van der Waals surface area (Å²) >= 11 is 0. The fourth-order valence-electron chi connectivity index (χ4n) is 3.69. The molecular formula is C24H32N2O3. The molecule has 1 unspecified atom stereocenters. The Morgan fingerprint density at radius 1 is 1.03 bits per heavy atom. The van der Waals surface area contributed by atoms with E-state index < -0.39 is 0 Å². The van der Waals surface area contributed by atoms with Gasteiger partial charge < -0.3 is 19.3 Å². The van der Waals surface area contributed by atoms with E-state index in [-0.39, 0.29) is 12.5 Å². The van der Waals surface area contributed by atoms with Crippen molar-refractivity contribution < 1.29 is 14.3 Å². The highest BCUT2D eigenvalue weighted by atomic mass is 16.5. The van der Waals surface area contributed by atoms with Gasteiger partial charge in [0.15, 0.2) is 6.61 Å². The second-order valence-electron chi connectivity index (χ2n) is 7.56. The first-order valence-corrected chi connectivity index (χ1v) is 10.5. The molecule has 1 fully saturated rings. The number of anilines is 1. The third-order valence-corrected chi connectivity index (χ3v) is 5.70. The third-order valence-electron chi connectivity index (χ3n) is 5.70. The number of para-hydroxylation sites is 1. The van der Waals surface area contributed by atoms with Gasteiger partial charge in [-0.15, -0.1) is 0 Å². The van der Waals surface area contributed by atoms with Gasteiger partial charge in [-0.25, -0.2) is 0 Å². The number of methoxy groups -OCH3 is 1. The Hall–Kier alpha value is -2.69. The summed E-state index contributed by atoms with van der Waals surface area (Å²) in [4.78, 5) is 17.0. The highest BCUT2D eigenvalue weighted by Gasteiger charge is 2.20. The number of hydrogen-bond donors (Lipinski definition) is 0. The molecule has 156 valence electrons. The first-order valence-electron chi connectivity index (χ1n) is 10.5. The average Bonchev–Trinajstić information content (AvgIpc) is 3.03. The maximum atomic E-state index is 12.8. The summed E-state index contributed by atoms with van der Waals surface area (Å²) < 4.78 is 11.2.